The predicted molar refractivity (Wildman–Crippen MR) is 73.8 cm³/mol. The molecule has 5 nitrogen and oxygen atoms in total. The Morgan fingerprint density at radius 3 is 3.00 bits per heavy atom. The van der Waals surface area contributed by atoms with E-state index < -0.39 is 0 Å². The topological polar surface area (TPSA) is 73.1 Å². The number of methoxy groups -OCH3 is 1. The number of nitrogens with two attached hydrogens (primary N) is 1. The van der Waals surface area contributed by atoms with Gasteiger partial charge in [-0.3, -0.25) is 0 Å². The van der Waals surface area contributed by atoms with Gasteiger partial charge in [0.15, 0.2) is 0 Å². The standard InChI is InChI=1S/C14H15FN4O/c1-20-12-6-8(15)2-3-9(12)13-10-7-17-5-4-11(10)18-14(16)19-13/h2-3,6,17H,4-5,7H2,1H3,(H2,16,18,19). The number of aromatic nitrogens is 2. The van der Waals surface area contributed by atoms with Gasteiger partial charge in [-0.05, 0) is 12.1 Å². The molecule has 1 aromatic carbocycles. The van der Waals surface area contributed by atoms with Crippen LogP contribution in [0.5, 0.6) is 5.75 Å². The van der Waals surface area contributed by atoms with E-state index >= 15 is 0 Å². The fourth-order valence-electron chi connectivity index (χ4n) is 2.45. The van der Waals surface area contributed by atoms with Gasteiger partial charge in [-0.2, -0.15) is 0 Å². The van der Waals surface area contributed by atoms with Crippen LogP contribution < -0.4 is 15.8 Å². The Morgan fingerprint density at radius 2 is 2.20 bits per heavy atom. The summed E-state index contributed by atoms with van der Waals surface area (Å²) in [6.07, 6.45) is 0.804. The lowest BCUT2D eigenvalue weighted by Crippen LogP contribution is -2.26. The van der Waals surface area contributed by atoms with Crippen molar-refractivity contribution in [2.24, 2.45) is 0 Å². The number of benzene rings is 1. The third kappa shape index (κ3) is 2.18. The molecule has 0 aliphatic carbocycles. The maximum absolute atomic E-state index is 13.3. The van der Waals surface area contributed by atoms with E-state index in [4.69, 9.17) is 10.5 Å². The molecule has 1 aromatic heterocycles. The smallest absolute Gasteiger partial charge is 0.220 e. The lowest BCUT2D eigenvalue weighted by molar-refractivity contribution is 0.412. The molecular formula is C14H15FN4O. The van der Waals surface area contributed by atoms with E-state index in [1.54, 1.807) is 6.07 Å². The second-order valence-electron chi connectivity index (χ2n) is 4.63. The minimum Gasteiger partial charge on any atom is -0.496 e. The van der Waals surface area contributed by atoms with E-state index in [1.807, 2.05) is 0 Å². The molecule has 0 spiro atoms. The van der Waals surface area contributed by atoms with Crippen molar-refractivity contribution in [2.45, 2.75) is 13.0 Å². The Bertz CT molecular complexity index is 660. The molecule has 2 aromatic rings. The van der Waals surface area contributed by atoms with E-state index in [1.165, 1.54) is 19.2 Å². The van der Waals surface area contributed by atoms with Crippen molar-refractivity contribution in [3.63, 3.8) is 0 Å². The lowest BCUT2D eigenvalue weighted by Gasteiger charge is -2.20. The number of nitrogens with zero attached hydrogens (tertiary/aromatic N) is 2. The molecule has 20 heavy (non-hydrogen) atoms. The highest BCUT2D eigenvalue weighted by atomic mass is 19.1. The second kappa shape index (κ2) is 5.05. The number of rotatable bonds is 2. The van der Waals surface area contributed by atoms with Crippen molar-refractivity contribution in [3.05, 3.63) is 35.3 Å². The summed E-state index contributed by atoms with van der Waals surface area (Å²) in [5.41, 5.74) is 9.15. The van der Waals surface area contributed by atoms with Gasteiger partial charge in [0.25, 0.3) is 0 Å². The molecule has 6 heteroatoms. The number of hydrogen-bond acceptors (Lipinski definition) is 5. The van der Waals surface area contributed by atoms with Crippen LogP contribution in [0.1, 0.15) is 11.3 Å². The van der Waals surface area contributed by atoms with Crippen LogP contribution in [-0.2, 0) is 13.0 Å². The number of halogens is 1. The van der Waals surface area contributed by atoms with Crippen LogP contribution in [0.15, 0.2) is 18.2 Å². The number of nitrogens with one attached hydrogen (secondary N) is 1. The van der Waals surface area contributed by atoms with Gasteiger partial charge in [-0.25, -0.2) is 14.4 Å². The van der Waals surface area contributed by atoms with Crippen molar-refractivity contribution in [3.8, 4) is 17.0 Å². The molecule has 0 atom stereocenters. The molecule has 2 heterocycles. The van der Waals surface area contributed by atoms with Crippen molar-refractivity contribution < 1.29 is 9.13 Å². The molecule has 3 N–H and O–H groups in total. The summed E-state index contributed by atoms with van der Waals surface area (Å²) in [5, 5.41) is 3.28. The van der Waals surface area contributed by atoms with E-state index in [-0.39, 0.29) is 11.8 Å². The predicted octanol–water partition coefficient (Wildman–Crippen LogP) is 1.52. The molecule has 3 rings (SSSR count). The minimum absolute atomic E-state index is 0.229. The molecule has 1 aliphatic rings. The van der Waals surface area contributed by atoms with Crippen LogP contribution in [0.3, 0.4) is 0 Å². The van der Waals surface area contributed by atoms with Crippen LogP contribution in [0.2, 0.25) is 0 Å². The largest absolute Gasteiger partial charge is 0.496 e. The van der Waals surface area contributed by atoms with Gasteiger partial charge in [0.2, 0.25) is 5.95 Å². The maximum Gasteiger partial charge on any atom is 0.220 e. The SMILES string of the molecule is COc1cc(F)ccc1-c1nc(N)nc2c1CNCC2. The van der Waals surface area contributed by atoms with Crippen LogP contribution >= 0.6 is 0 Å². The average molecular weight is 274 g/mol. The van der Waals surface area contributed by atoms with Crippen LogP contribution in [0.4, 0.5) is 10.3 Å². The molecule has 0 bridgehead atoms. The van der Waals surface area contributed by atoms with E-state index in [2.05, 4.69) is 15.3 Å². The molecule has 0 unspecified atom stereocenters. The summed E-state index contributed by atoms with van der Waals surface area (Å²) in [5.74, 6) is 0.322. The van der Waals surface area contributed by atoms with E-state index in [0.717, 1.165) is 29.8 Å². The van der Waals surface area contributed by atoms with E-state index in [9.17, 15) is 4.39 Å². The van der Waals surface area contributed by atoms with Crippen molar-refractivity contribution >= 4 is 5.95 Å². The third-order valence-electron chi connectivity index (χ3n) is 3.37. The van der Waals surface area contributed by atoms with Crippen LogP contribution in [-0.4, -0.2) is 23.6 Å². The first-order valence-electron chi connectivity index (χ1n) is 6.39. The first-order valence-corrected chi connectivity index (χ1v) is 6.39. The molecule has 0 amide bonds. The molecule has 104 valence electrons. The van der Waals surface area contributed by atoms with Crippen molar-refractivity contribution in [1.29, 1.82) is 0 Å². The molecule has 0 saturated carbocycles. The monoisotopic (exact) mass is 274 g/mol. The fraction of sp³-hybridized carbons (Fsp3) is 0.286. The highest BCUT2D eigenvalue weighted by Crippen LogP contribution is 2.33. The quantitative estimate of drug-likeness (QED) is 0.868. The van der Waals surface area contributed by atoms with Crippen molar-refractivity contribution in [2.75, 3.05) is 19.4 Å². The number of ether oxygens (including phenoxy) is 1. The Balaban J connectivity index is 2.21. The summed E-state index contributed by atoms with van der Waals surface area (Å²) in [6, 6.07) is 4.39. The summed E-state index contributed by atoms with van der Waals surface area (Å²) in [6.45, 7) is 1.54. The first kappa shape index (κ1) is 12.8. The zero-order valence-electron chi connectivity index (χ0n) is 11.1. The minimum atomic E-state index is -0.348. The number of anilines is 1. The van der Waals surface area contributed by atoms with Gasteiger partial charge < -0.3 is 15.8 Å². The van der Waals surface area contributed by atoms with Gasteiger partial charge in [0, 0.05) is 36.7 Å². The summed E-state index contributed by atoms with van der Waals surface area (Å²) in [7, 11) is 1.51. The Hall–Kier alpha value is -2.21. The molecule has 0 fully saturated rings. The normalized spacial score (nSPS) is 13.9. The third-order valence-corrected chi connectivity index (χ3v) is 3.37. The number of hydrogen-bond donors (Lipinski definition) is 2. The molecule has 0 saturated heterocycles. The van der Waals surface area contributed by atoms with Gasteiger partial charge >= 0.3 is 0 Å². The van der Waals surface area contributed by atoms with Gasteiger partial charge in [-0.1, -0.05) is 0 Å². The zero-order chi connectivity index (χ0) is 14.1. The first-order chi connectivity index (χ1) is 9.69. The highest BCUT2D eigenvalue weighted by molar-refractivity contribution is 5.71. The second-order valence-corrected chi connectivity index (χ2v) is 4.63. The fourth-order valence-corrected chi connectivity index (χ4v) is 2.45. The lowest BCUT2D eigenvalue weighted by atomic mass is 9.99. The van der Waals surface area contributed by atoms with Crippen LogP contribution in [0, 0.1) is 5.82 Å². The summed E-state index contributed by atoms with van der Waals surface area (Å²) >= 11 is 0. The van der Waals surface area contributed by atoms with Gasteiger partial charge in [0.1, 0.15) is 11.6 Å². The Kier molecular flexibility index (Phi) is 3.23. The van der Waals surface area contributed by atoms with E-state index in [0.29, 0.717) is 18.0 Å². The summed E-state index contributed by atoms with van der Waals surface area (Å²) in [4.78, 5) is 8.60. The van der Waals surface area contributed by atoms with Crippen molar-refractivity contribution in [1.82, 2.24) is 15.3 Å². The Labute approximate surface area is 116 Å². The maximum atomic E-state index is 13.3. The molecule has 1 aliphatic heterocycles. The van der Waals surface area contributed by atoms with Crippen LogP contribution in [0.25, 0.3) is 11.3 Å². The van der Waals surface area contributed by atoms with Gasteiger partial charge in [-0.15, -0.1) is 0 Å². The summed E-state index contributed by atoms with van der Waals surface area (Å²) < 4.78 is 18.6. The zero-order valence-corrected chi connectivity index (χ0v) is 11.1. The molecular weight excluding hydrogens is 259 g/mol. The average Bonchev–Trinajstić information content (AvgIpc) is 2.46. The highest BCUT2D eigenvalue weighted by Gasteiger charge is 2.20. The molecule has 0 radical (unpaired) electrons. The number of fused-ring (bicyclic) bond motifs is 1. The van der Waals surface area contributed by atoms with Gasteiger partial charge in [0.05, 0.1) is 18.5 Å². The Morgan fingerprint density at radius 1 is 1.35 bits per heavy atom. The number of nitrogen functional groups attached to an aromatic ring is 1.